The lowest BCUT2D eigenvalue weighted by molar-refractivity contribution is 0.0671. The molecule has 1 aliphatic rings. The van der Waals surface area contributed by atoms with Crippen molar-refractivity contribution in [1.82, 2.24) is 10.1 Å². The fourth-order valence-electron chi connectivity index (χ4n) is 3.90. The van der Waals surface area contributed by atoms with Gasteiger partial charge >= 0.3 is 0 Å². The molecule has 1 aromatic heterocycles. The van der Waals surface area contributed by atoms with E-state index in [0.717, 1.165) is 5.56 Å². The number of carbonyl (C=O) groups excluding carboxylic acids is 1. The largest absolute Gasteiger partial charge is 0.378 e. The number of carbonyl (C=O) groups is 1. The fourth-order valence-corrected chi connectivity index (χ4v) is 3.90. The molecule has 1 fully saturated rings. The summed E-state index contributed by atoms with van der Waals surface area (Å²) in [4.78, 5) is 17.2. The molecule has 0 unspecified atom stereocenters. The van der Waals surface area contributed by atoms with Gasteiger partial charge in [0.05, 0.1) is 25.3 Å². The number of hydrogen-bond donors (Lipinski definition) is 0. The van der Waals surface area contributed by atoms with Crippen LogP contribution >= 0.6 is 0 Å². The van der Waals surface area contributed by atoms with Crippen molar-refractivity contribution in [3.63, 3.8) is 0 Å². The van der Waals surface area contributed by atoms with Crippen LogP contribution in [-0.4, -0.2) is 48.3 Å². The van der Waals surface area contributed by atoms with Crippen molar-refractivity contribution in [1.29, 1.82) is 0 Å². The average Bonchev–Trinajstić information content (AvgIpc) is 3.26. The molecule has 0 aliphatic carbocycles. The van der Waals surface area contributed by atoms with Crippen LogP contribution in [-0.2, 0) is 11.3 Å². The summed E-state index contributed by atoms with van der Waals surface area (Å²) in [6.07, 6.45) is 0.713. The number of morpholine rings is 1. The number of halogens is 2. The lowest BCUT2D eigenvalue weighted by Gasteiger charge is -2.31. The van der Waals surface area contributed by atoms with Crippen LogP contribution in [0.25, 0.3) is 11.3 Å². The van der Waals surface area contributed by atoms with Crippen LogP contribution in [0.15, 0.2) is 53.1 Å². The smallest absolute Gasteiger partial charge is 0.254 e. The monoisotopic (exact) mass is 455 g/mol. The van der Waals surface area contributed by atoms with E-state index in [1.807, 2.05) is 18.7 Å². The van der Waals surface area contributed by atoms with Crippen LogP contribution in [0, 0.1) is 11.6 Å². The molecule has 0 saturated carbocycles. The van der Waals surface area contributed by atoms with E-state index in [1.54, 1.807) is 23.1 Å². The van der Waals surface area contributed by atoms with Crippen molar-refractivity contribution in [2.75, 3.05) is 31.2 Å². The summed E-state index contributed by atoms with van der Waals surface area (Å²) in [6.45, 7) is 6.54. The van der Waals surface area contributed by atoms with Gasteiger partial charge in [-0.1, -0.05) is 18.1 Å². The molecular weight excluding hydrogens is 428 g/mol. The van der Waals surface area contributed by atoms with Gasteiger partial charge < -0.3 is 19.1 Å². The number of rotatable bonds is 7. The van der Waals surface area contributed by atoms with Crippen LogP contribution in [0.3, 0.4) is 0 Å². The van der Waals surface area contributed by atoms with Gasteiger partial charge in [0.1, 0.15) is 17.3 Å². The number of aromatic nitrogens is 1. The Bertz CT molecular complexity index is 1090. The van der Waals surface area contributed by atoms with E-state index < -0.39 is 5.82 Å². The summed E-state index contributed by atoms with van der Waals surface area (Å²) in [7, 11) is 0. The molecule has 4 rings (SSSR count). The predicted octanol–water partition coefficient (Wildman–Crippen LogP) is 4.90. The molecule has 8 heteroatoms. The van der Waals surface area contributed by atoms with E-state index in [9.17, 15) is 13.6 Å². The van der Waals surface area contributed by atoms with Crippen molar-refractivity contribution in [3.8, 4) is 11.3 Å². The highest BCUT2D eigenvalue weighted by Gasteiger charge is 2.29. The number of nitrogens with zero attached hydrogens (tertiary/aromatic N) is 3. The summed E-state index contributed by atoms with van der Waals surface area (Å²) in [5, 5.41) is 4.30. The lowest BCUT2D eigenvalue weighted by atomic mass is 10.0. The predicted molar refractivity (Wildman–Crippen MR) is 121 cm³/mol. The Hall–Kier alpha value is -3.26. The van der Waals surface area contributed by atoms with Crippen LogP contribution in [0.1, 0.15) is 36.2 Å². The highest BCUT2D eigenvalue weighted by molar-refractivity contribution is 5.94. The van der Waals surface area contributed by atoms with Gasteiger partial charge in [-0.25, -0.2) is 8.78 Å². The minimum absolute atomic E-state index is 0.116. The minimum Gasteiger partial charge on any atom is -0.378 e. The van der Waals surface area contributed by atoms with Crippen LogP contribution in [0.4, 0.5) is 14.7 Å². The molecule has 33 heavy (non-hydrogen) atoms. The molecular formula is C25H27F2N3O3. The Labute approximate surface area is 191 Å². The first-order valence-corrected chi connectivity index (χ1v) is 11.1. The molecule has 3 aromatic rings. The molecule has 6 nitrogen and oxygen atoms in total. The summed E-state index contributed by atoms with van der Waals surface area (Å²) in [5.74, 6) is -0.517. The Kier molecular flexibility index (Phi) is 7.03. The summed E-state index contributed by atoms with van der Waals surface area (Å²) in [5.41, 5.74) is 2.25. The molecule has 0 bridgehead atoms. The molecule has 1 saturated heterocycles. The highest BCUT2D eigenvalue weighted by atomic mass is 19.1. The maximum atomic E-state index is 13.8. The third-order valence-corrected chi connectivity index (χ3v) is 5.97. The normalized spacial score (nSPS) is 14.8. The van der Waals surface area contributed by atoms with Crippen molar-refractivity contribution < 1.29 is 22.8 Å². The zero-order chi connectivity index (χ0) is 23.4. The molecule has 0 spiro atoms. The van der Waals surface area contributed by atoms with Crippen LogP contribution in [0.2, 0.25) is 0 Å². The van der Waals surface area contributed by atoms with E-state index in [4.69, 9.17) is 9.26 Å². The zero-order valence-electron chi connectivity index (χ0n) is 18.8. The average molecular weight is 456 g/mol. The van der Waals surface area contributed by atoms with E-state index in [-0.39, 0.29) is 29.9 Å². The Morgan fingerprint density at radius 1 is 1.12 bits per heavy atom. The van der Waals surface area contributed by atoms with Gasteiger partial charge in [-0.3, -0.25) is 4.79 Å². The van der Waals surface area contributed by atoms with E-state index in [0.29, 0.717) is 49.9 Å². The minimum atomic E-state index is -0.462. The van der Waals surface area contributed by atoms with Crippen molar-refractivity contribution >= 4 is 11.8 Å². The molecule has 1 aliphatic heterocycles. The molecule has 174 valence electrons. The molecule has 0 N–H and O–H groups in total. The number of amides is 1. The first-order chi connectivity index (χ1) is 16.0. The summed E-state index contributed by atoms with van der Waals surface area (Å²) >= 11 is 0. The Morgan fingerprint density at radius 2 is 1.85 bits per heavy atom. The topological polar surface area (TPSA) is 58.8 Å². The molecule has 0 radical (unpaired) electrons. The second kappa shape index (κ2) is 10.1. The second-order valence-corrected chi connectivity index (χ2v) is 8.12. The highest BCUT2D eigenvalue weighted by Crippen LogP contribution is 2.34. The van der Waals surface area contributed by atoms with Crippen LogP contribution < -0.4 is 4.90 Å². The number of benzene rings is 2. The van der Waals surface area contributed by atoms with Gasteiger partial charge in [-0.05, 0) is 55.8 Å². The number of anilines is 1. The fraction of sp³-hybridized carbons (Fsp3) is 0.360. The first-order valence-electron chi connectivity index (χ1n) is 11.1. The third-order valence-electron chi connectivity index (χ3n) is 5.97. The molecule has 1 amide bonds. The first kappa shape index (κ1) is 22.9. The number of ether oxygens (including phenoxy) is 1. The Balaban J connectivity index is 1.75. The standard InChI is InChI=1S/C25H27F2N3O3/c1-3-17(2)30(24(31)19-5-4-6-21(27)15-19)16-22-23(18-7-9-20(26)10-8-18)28-33-25(22)29-11-13-32-14-12-29/h4-10,15,17H,3,11-14,16H2,1-2H3/t17-/m1/s1. The SMILES string of the molecule is CC[C@@H](C)N(Cc1c(-c2ccc(F)cc2)noc1N1CCOCC1)C(=O)c1cccc(F)c1. The maximum Gasteiger partial charge on any atom is 0.254 e. The quantitative estimate of drug-likeness (QED) is 0.507. The van der Waals surface area contributed by atoms with Gasteiger partial charge in [0, 0.05) is 30.3 Å². The lowest BCUT2D eigenvalue weighted by Crippen LogP contribution is -2.39. The third kappa shape index (κ3) is 5.06. The van der Waals surface area contributed by atoms with Crippen LogP contribution in [0.5, 0.6) is 0 Å². The Morgan fingerprint density at radius 3 is 2.52 bits per heavy atom. The van der Waals surface area contributed by atoms with Crippen molar-refractivity contribution in [2.24, 2.45) is 0 Å². The van der Waals surface area contributed by atoms with Gasteiger partial charge in [-0.15, -0.1) is 0 Å². The molecule has 1 atom stereocenters. The maximum absolute atomic E-state index is 13.8. The second-order valence-electron chi connectivity index (χ2n) is 8.12. The molecule has 2 aromatic carbocycles. The summed E-state index contributed by atoms with van der Waals surface area (Å²) < 4.78 is 38.6. The van der Waals surface area contributed by atoms with Gasteiger partial charge in [-0.2, -0.15) is 0 Å². The van der Waals surface area contributed by atoms with E-state index in [2.05, 4.69) is 5.16 Å². The van der Waals surface area contributed by atoms with E-state index in [1.165, 1.54) is 30.3 Å². The molecule has 2 heterocycles. The summed E-state index contributed by atoms with van der Waals surface area (Å²) in [6, 6.07) is 11.6. The van der Waals surface area contributed by atoms with Gasteiger partial charge in [0.2, 0.25) is 5.88 Å². The zero-order valence-corrected chi connectivity index (χ0v) is 18.8. The van der Waals surface area contributed by atoms with Crippen molar-refractivity contribution in [3.05, 3.63) is 71.3 Å². The number of hydrogen-bond acceptors (Lipinski definition) is 5. The van der Waals surface area contributed by atoms with Gasteiger partial charge in [0.25, 0.3) is 5.91 Å². The van der Waals surface area contributed by atoms with E-state index >= 15 is 0 Å². The van der Waals surface area contributed by atoms with Crippen molar-refractivity contribution in [2.45, 2.75) is 32.9 Å². The van der Waals surface area contributed by atoms with Gasteiger partial charge in [0.15, 0.2) is 0 Å².